The molecule has 0 N–H and O–H groups in total. The van der Waals surface area contributed by atoms with Crippen LogP contribution in [-0.4, -0.2) is 5.78 Å². The predicted molar refractivity (Wildman–Crippen MR) is 86.7 cm³/mol. The first kappa shape index (κ1) is 15.0. The Bertz CT molecular complexity index is 641. The smallest absolute Gasteiger partial charge is 0.195 e. The maximum Gasteiger partial charge on any atom is 0.195 e. The fourth-order valence-corrected chi connectivity index (χ4v) is 3.09. The Morgan fingerprint density at radius 2 is 1.74 bits per heavy atom. The Hall–Kier alpha value is -0.350. The Balaban J connectivity index is 2.44. The van der Waals surface area contributed by atoms with Gasteiger partial charge >= 0.3 is 0 Å². The van der Waals surface area contributed by atoms with Crippen LogP contribution < -0.4 is 0 Å². The Labute approximate surface area is 138 Å². The molecule has 19 heavy (non-hydrogen) atoms. The van der Waals surface area contributed by atoms with Gasteiger partial charge in [-0.1, -0.05) is 61.1 Å². The molecular formula is C14H8Br2Cl2O. The zero-order chi connectivity index (χ0) is 14.0. The molecule has 0 aliphatic carbocycles. The van der Waals surface area contributed by atoms with Crippen LogP contribution in [0.1, 0.15) is 21.5 Å². The molecule has 98 valence electrons. The van der Waals surface area contributed by atoms with Crippen molar-refractivity contribution in [2.24, 2.45) is 0 Å². The van der Waals surface area contributed by atoms with Crippen molar-refractivity contribution >= 4 is 60.8 Å². The molecule has 0 bridgehead atoms. The van der Waals surface area contributed by atoms with Crippen LogP contribution in [0.15, 0.2) is 40.9 Å². The van der Waals surface area contributed by atoms with Crippen LogP contribution in [0.25, 0.3) is 0 Å². The normalized spacial score (nSPS) is 10.5. The summed E-state index contributed by atoms with van der Waals surface area (Å²) in [6.07, 6.45) is 0. The second-order valence-corrected chi connectivity index (χ2v) is 6.16. The van der Waals surface area contributed by atoms with Gasteiger partial charge < -0.3 is 0 Å². The highest BCUT2D eigenvalue weighted by Crippen LogP contribution is 2.27. The predicted octanol–water partition coefficient (Wildman–Crippen LogP) is 5.88. The van der Waals surface area contributed by atoms with E-state index < -0.39 is 0 Å². The van der Waals surface area contributed by atoms with Crippen molar-refractivity contribution < 1.29 is 4.79 Å². The lowest BCUT2D eigenvalue weighted by molar-refractivity contribution is 0.103. The maximum absolute atomic E-state index is 12.4. The minimum Gasteiger partial charge on any atom is -0.289 e. The third-order valence-corrected chi connectivity index (χ3v) is 4.46. The summed E-state index contributed by atoms with van der Waals surface area (Å²) in [6.45, 7) is 0. The van der Waals surface area contributed by atoms with E-state index in [1.54, 1.807) is 24.3 Å². The van der Waals surface area contributed by atoms with E-state index in [0.29, 0.717) is 21.2 Å². The van der Waals surface area contributed by atoms with E-state index >= 15 is 0 Å². The number of rotatable bonds is 3. The molecule has 2 aromatic carbocycles. The molecule has 0 fully saturated rings. The van der Waals surface area contributed by atoms with Gasteiger partial charge in [0.25, 0.3) is 0 Å². The van der Waals surface area contributed by atoms with Crippen molar-refractivity contribution in [2.75, 3.05) is 0 Å². The largest absolute Gasteiger partial charge is 0.289 e. The van der Waals surface area contributed by atoms with Crippen LogP contribution in [0.5, 0.6) is 0 Å². The zero-order valence-corrected chi connectivity index (χ0v) is 14.3. The molecule has 2 rings (SSSR count). The lowest BCUT2D eigenvalue weighted by Crippen LogP contribution is -2.03. The molecule has 0 atom stereocenters. The molecule has 5 heteroatoms. The van der Waals surface area contributed by atoms with Crippen molar-refractivity contribution in [2.45, 2.75) is 5.33 Å². The lowest BCUT2D eigenvalue weighted by atomic mass is 10.0. The standard InChI is InChI=1S/C14H8Br2Cl2O/c15-7-8-1-3-10(12(16)5-8)14(19)11-4-2-9(17)6-13(11)18/h1-6H,7H2. The van der Waals surface area contributed by atoms with Crippen molar-refractivity contribution in [3.05, 3.63) is 67.6 Å². The number of halogens is 4. The third kappa shape index (κ3) is 3.40. The van der Waals surface area contributed by atoms with Crippen LogP contribution >= 0.6 is 55.1 Å². The van der Waals surface area contributed by atoms with Crippen LogP contribution in [0.3, 0.4) is 0 Å². The fourth-order valence-electron chi connectivity index (χ4n) is 1.64. The third-order valence-electron chi connectivity index (χ3n) is 2.61. The molecule has 0 saturated heterocycles. The number of hydrogen-bond donors (Lipinski definition) is 0. The molecule has 0 aliphatic heterocycles. The van der Waals surface area contributed by atoms with E-state index in [4.69, 9.17) is 23.2 Å². The minimum absolute atomic E-state index is 0.130. The van der Waals surface area contributed by atoms with Gasteiger partial charge in [0.2, 0.25) is 0 Å². The van der Waals surface area contributed by atoms with Crippen LogP contribution in [0.2, 0.25) is 10.0 Å². The lowest BCUT2D eigenvalue weighted by Gasteiger charge is -2.07. The van der Waals surface area contributed by atoms with Crippen molar-refractivity contribution in [1.29, 1.82) is 0 Å². The molecule has 1 nitrogen and oxygen atoms in total. The number of hydrogen-bond acceptors (Lipinski definition) is 1. The van der Waals surface area contributed by atoms with Gasteiger partial charge in [-0.25, -0.2) is 0 Å². The highest BCUT2D eigenvalue weighted by Gasteiger charge is 2.16. The number of ketones is 1. The van der Waals surface area contributed by atoms with E-state index in [9.17, 15) is 4.79 Å². The van der Waals surface area contributed by atoms with Gasteiger partial charge in [-0.2, -0.15) is 0 Å². The van der Waals surface area contributed by atoms with Gasteiger partial charge in [0, 0.05) is 26.0 Å². The molecule has 0 unspecified atom stereocenters. The SMILES string of the molecule is O=C(c1ccc(Cl)cc1Cl)c1ccc(CBr)cc1Br. The second kappa shape index (κ2) is 6.40. The number of carbonyl (C=O) groups is 1. The first-order chi connectivity index (χ1) is 9.02. The topological polar surface area (TPSA) is 17.1 Å². The number of alkyl halides is 1. The van der Waals surface area contributed by atoms with E-state index in [-0.39, 0.29) is 5.78 Å². The van der Waals surface area contributed by atoms with Crippen LogP contribution in [-0.2, 0) is 5.33 Å². The van der Waals surface area contributed by atoms with Crippen molar-refractivity contribution in [1.82, 2.24) is 0 Å². The first-order valence-electron chi connectivity index (χ1n) is 5.37. The van der Waals surface area contributed by atoms with Gasteiger partial charge in [-0.3, -0.25) is 4.79 Å². The molecule has 0 saturated carbocycles. The van der Waals surface area contributed by atoms with E-state index in [1.165, 1.54) is 0 Å². The summed E-state index contributed by atoms with van der Waals surface area (Å²) >= 11 is 18.7. The summed E-state index contributed by atoms with van der Waals surface area (Å²) in [5.74, 6) is -0.130. The van der Waals surface area contributed by atoms with Gasteiger partial charge in [-0.05, 0) is 35.9 Å². The molecule has 0 radical (unpaired) electrons. The average Bonchev–Trinajstić information content (AvgIpc) is 2.37. The quantitative estimate of drug-likeness (QED) is 0.445. The Morgan fingerprint density at radius 3 is 2.32 bits per heavy atom. The van der Waals surface area contributed by atoms with Crippen molar-refractivity contribution in [3.8, 4) is 0 Å². The summed E-state index contributed by atoms with van der Waals surface area (Å²) in [5, 5.41) is 1.60. The summed E-state index contributed by atoms with van der Waals surface area (Å²) in [5.41, 5.74) is 2.11. The average molecular weight is 423 g/mol. The summed E-state index contributed by atoms with van der Waals surface area (Å²) < 4.78 is 0.750. The van der Waals surface area contributed by atoms with Crippen LogP contribution in [0.4, 0.5) is 0 Å². The molecule has 0 aliphatic rings. The molecule has 2 aromatic rings. The molecular weight excluding hydrogens is 415 g/mol. The fraction of sp³-hybridized carbons (Fsp3) is 0.0714. The molecule has 0 aromatic heterocycles. The molecule has 0 heterocycles. The highest BCUT2D eigenvalue weighted by atomic mass is 79.9. The number of benzene rings is 2. The molecule has 0 amide bonds. The maximum atomic E-state index is 12.4. The van der Waals surface area contributed by atoms with Gasteiger partial charge in [0.15, 0.2) is 5.78 Å². The van der Waals surface area contributed by atoms with E-state index in [2.05, 4.69) is 31.9 Å². The van der Waals surface area contributed by atoms with Gasteiger partial charge in [0.1, 0.15) is 0 Å². The van der Waals surface area contributed by atoms with Gasteiger partial charge in [-0.15, -0.1) is 0 Å². The van der Waals surface area contributed by atoms with E-state index in [1.807, 2.05) is 12.1 Å². The summed E-state index contributed by atoms with van der Waals surface area (Å²) in [7, 11) is 0. The van der Waals surface area contributed by atoms with Crippen LogP contribution in [0, 0.1) is 0 Å². The second-order valence-electron chi connectivity index (χ2n) is 3.90. The minimum atomic E-state index is -0.130. The zero-order valence-electron chi connectivity index (χ0n) is 9.59. The Morgan fingerprint density at radius 1 is 1.05 bits per heavy atom. The monoisotopic (exact) mass is 420 g/mol. The molecule has 0 spiro atoms. The number of carbonyl (C=O) groups excluding carboxylic acids is 1. The van der Waals surface area contributed by atoms with E-state index in [0.717, 1.165) is 15.4 Å². The van der Waals surface area contributed by atoms with Gasteiger partial charge in [0.05, 0.1) is 5.02 Å². The first-order valence-corrected chi connectivity index (χ1v) is 8.04. The highest BCUT2D eigenvalue weighted by molar-refractivity contribution is 9.10. The summed E-state index contributed by atoms with van der Waals surface area (Å²) in [6, 6.07) is 10.5. The Kier molecular flexibility index (Phi) is 5.07. The summed E-state index contributed by atoms with van der Waals surface area (Å²) in [4.78, 5) is 12.4. The van der Waals surface area contributed by atoms with Crippen molar-refractivity contribution in [3.63, 3.8) is 0 Å².